The molecule has 3 N–H and O–H groups in total. The number of piperazine rings is 1. The Kier molecular flexibility index (Phi) is 8.72. The van der Waals surface area contributed by atoms with Gasteiger partial charge in [0, 0.05) is 39.6 Å². The highest BCUT2D eigenvalue weighted by Gasteiger charge is 2.43. The molecule has 2 amide bonds. The number of carbonyl (C=O) groups excluding carboxylic acids is 2. The van der Waals surface area contributed by atoms with Crippen molar-refractivity contribution < 1.29 is 22.8 Å². The number of carbonyl (C=O) groups is 2. The van der Waals surface area contributed by atoms with E-state index in [9.17, 15) is 22.8 Å². The molecule has 1 aliphatic rings. The van der Waals surface area contributed by atoms with Crippen molar-refractivity contribution in [2.45, 2.75) is 32.1 Å². The van der Waals surface area contributed by atoms with Crippen molar-refractivity contribution in [3.05, 3.63) is 0 Å². The van der Waals surface area contributed by atoms with Gasteiger partial charge in [-0.05, 0) is 6.92 Å². The van der Waals surface area contributed by atoms with Crippen LogP contribution in [0, 0.1) is 0 Å². The fraction of sp³-hybridized carbons (Fsp3) is 0.833. The third kappa shape index (κ3) is 6.80. The van der Waals surface area contributed by atoms with E-state index in [0.717, 1.165) is 0 Å². The number of halogens is 4. The summed E-state index contributed by atoms with van der Waals surface area (Å²) in [5.74, 6) is -1.04. The highest BCUT2D eigenvalue weighted by atomic mass is 35.5. The second-order valence-electron chi connectivity index (χ2n) is 5.01. The number of amides is 2. The molecule has 6 nitrogen and oxygen atoms in total. The van der Waals surface area contributed by atoms with Crippen LogP contribution in [0.4, 0.5) is 13.2 Å². The maximum atomic E-state index is 13.1. The van der Waals surface area contributed by atoms with Gasteiger partial charge in [-0.1, -0.05) is 0 Å². The molecule has 2 unspecified atom stereocenters. The van der Waals surface area contributed by atoms with E-state index in [-0.39, 0.29) is 25.5 Å². The lowest BCUT2D eigenvalue weighted by Crippen LogP contribution is -2.58. The van der Waals surface area contributed by atoms with Gasteiger partial charge < -0.3 is 16.0 Å². The Bertz CT molecular complexity index is 376. The summed E-state index contributed by atoms with van der Waals surface area (Å²) in [6.07, 6.45) is -4.41. The van der Waals surface area contributed by atoms with Crippen molar-refractivity contribution in [1.82, 2.24) is 20.9 Å². The zero-order chi connectivity index (χ0) is 16.0. The number of nitrogens with one attached hydrogen (secondary N) is 3. The number of rotatable bonds is 5. The highest BCUT2D eigenvalue weighted by molar-refractivity contribution is 5.86. The summed E-state index contributed by atoms with van der Waals surface area (Å²) in [4.78, 5) is 23.8. The third-order valence-corrected chi connectivity index (χ3v) is 3.25. The fourth-order valence-electron chi connectivity index (χ4n) is 2.17. The topological polar surface area (TPSA) is 73.5 Å². The van der Waals surface area contributed by atoms with Gasteiger partial charge in [-0.15, -0.1) is 12.4 Å². The number of nitrogens with zero attached hydrogens (tertiary/aromatic N) is 1. The van der Waals surface area contributed by atoms with Crippen molar-refractivity contribution in [3.63, 3.8) is 0 Å². The van der Waals surface area contributed by atoms with Crippen molar-refractivity contribution in [2.24, 2.45) is 0 Å². The van der Waals surface area contributed by atoms with Crippen LogP contribution in [-0.4, -0.2) is 67.7 Å². The van der Waals surface area contributed by atoms with Crippen LogP contribution < -0.4 is 16.0 Å². The average molecular weight is 347 g/mol. The minimum absolute atomic E-state index is 0. The van der Waals surface area contributed by atoms with E-state index in [2.05, 4.69) is 16.0 Å². The summed E-state index contributed by atoms with van der Waals surface area (Å²) in [5.41, 5.74) is 0. The van der Waals surface area contributed by atoms with Gasteiger partial charge in [0.25, 0.3) is 0 Å². The Morgan fingerprint density at radius 3 is 2.27 bits per heavy atom. The second kappa shape index (κ2) is 9.16. The van der Waals surface area contributed by atoms with E-state index < -0.39 is 36.6 Å². The van der Waals surface area contributed by atoms with Crippen molar-refractivity contribution in [3.8, 4) is 0 Å². The number of alkyl halides is 3. The SMILES string of the molecule is CC(=O)NC(C)C(=O)NCC(N1CCNCC1)C(F)(F)F.Cl. The molecule has 0 bridgehead atoms. The molecular weight excluding hydrogens is 325 g/mol. The van der Waals surface area contributed by atoms with E-state index in [0.29, 0.717) is 13.1 Å². The maximum absolute atomic E-state index is 13.1. The van der Waals surface area contributed by atoms with Gasteiger partial charge in [0.2, 0.25) is 11.8 Å². The lowest BCUT2D eigenvalue weighted by Gasteiger charge is -2.36. The molecule has 2 atom stereocenters. The van der Waals surface area contributed by atoms with Crippen LogP contribution in [0.1, 0.15) is 13.8 Å². The Morgan fingerprint density at radius 2 is 1.82 bits per heavy atom. The standard InChI is InChI=1S/C12H21F3N4O2.ClH/c1-8(18-9(2)20)11(21)17-7-10(12(13,14)15)19-5-3-16-4-6-19;/h8,10,16H,3-7H2,1-2H3,(H,17,21)(H,18,20);1H. The van der Waals surface area contributed by atoms with Gasteiger partial charge in [-0.25, -0.2) is 0 Å². The highest BCUT2D eigenvalue weighted by Crippen LogP contribution is 2.24. The first-order chi connectivity index (χ1) is 9.71. The van der Waals surface area contributed by atoms with Crippen molar-refractivity contribution >= 4 is 24.2 Å². The molecule has 10 heteroatoms. The van der Waals surface area contributed by atoms with Crippen LogP contribution >= 0.6 is 12.4 Å². The molecule has 0 radical (unpaired) electrons. The first-order valence-electron chi connectivity index (χ1n) is 6.78. The monoisotopic (exact) mass is 346 g/mol. The van der Waals surface area contributed by atoms with Gasteiger partial charge >= 0.3 is 6.18 Å². The molecule has 0 saturated carbocycles. The van der Waals surface area contributed by atoms with E-state index in [1.807, 2.05) is 0 Å². The summed E-state index contributed by atoms with van der Waals surface area (Å²) in [6, 6.07) is -2.58. The maximum Gasteiger partial charge on any atom is 0.405 e. The van der Waals surface area contributed by atoms with E-state index in [4.69, 9.17) is 0 Å². The molecule has 130 valence electrons. The molecule has 0 aliphatic carbocycles. The lowest BCUT2D eigenvalue weighted by atomic mass is 10.2. The average Bonchev–Trinajstić information content (AvgIpc) is 2.37. The number of hydrogen-bond donors (Lipinski definition) is 3. The van der Waals surface area contributed by atoms with Gasteiger partial charge in [0.1, 0.15) is 12.1 Å². The largest absolute Gasteiger partial charge is 0.405 e. The van der Waals surface area contributed by atoms with Crippen LogP contribution in [0.3, 0.4) is 0 Å². The van der Waals surface area contributed by atoms with Crippen LogP contribution in [0.25, 0.3) is 0 Å². The Hall–Kier alpha value is -1.06. The van der Waals surface area contributed by atoms with Gasteiger partial charge in [-0.2, -0.15) is 13.2 Å². The second-order valence-corrected chi connectivity index (χ2v) is 5.01. The summed E-state index contributed by atoms with van der Waals surface area (Å²) in [6.45, 7) is 3.67. The zero-order valence-electron chi connectivity index (χ0n) is 12.5. The molecule has 1 aliphatic heterocycles. The molecule has 22 heavy (non-hydrogen) atoms. The zero-order valence-corrected chi connectivity index (χ0v) is 13.3. The normalized spacial score (nSPS) is 18.8. The van der Waals surface area contributed by atoms with Crippen LogP contribution in [0.5, 0.6) is 0 Å². The van der Waals surface area contributed by atoms with Gasteiger partial charge in [0.15, 0.2) is 0 Å². The van der Waals surface area contributed by atoms with Crippen molar-refractivity contribution in [1.29, 1.82) is 0 Å². The first kappa shape index (κ1) is 20.9. The lowest BCUT2D eigenvalue weighted by molar-refractivity contribution is -0.184. The number of hydrogen-bond acceptors (Lipinski definition) is 4. The molecule has 0 aromatic rings. The molecular formula is C12H22ClF3N4O2. The van der Waals surface area contributed by atoms with Crippen molar-refractivity contribution in [2.75, 3.05) is 32.7 Å². The fourth-order valence-corrected chi connectivity index (χ4v) is 2.17. The molecule has 0 aromatic heterocycles. The molecule has 1 rings (SSSR count). The molecule has 1 saturated heterocycles. The Balaban J connectivity index is 0.00000441. The minimum Gasteiger partial charge on any atom is -0.352 e. The summed E-state index contributed by atoms with van der Waals surface area (Å²) >= 11 is 0. The molecule has 1 heterocycles. The van der Waals surface area contributed by atoms with Crippen LogP contribution in [-0.2, 0) is 9.59 Å². The summed E-state index contributed by atoms with van der Waals surface area (Å²) in [5, 5.41) is 7.57. The predicted octanol–water partition coefficient (Wildman–Crippen LogP) is -0.115. The Morgan fingerprint density at radius 1 is 1.27 bits per heavy atom. The summed E-state index contributed by atoms with van der Waals surface area (Å²) < 4.78 is 39.2. The predicted molar refractivity (Wildman–Crippen MR) is 77.8 cm³/mol. The van der Waals surface area contributed by atoms with Gasteiger partial charge in [-0.3, -0.25) is 14.5 Å². The summed E-state index contributed by atoms with van der Waals surface area (Å²) in [7, 11) is 0. The van der Waals surface area contributed by atoms with Gasteiger partial charge in [0.05, 0.1) is 0 Å². The molecule has 1 fully saturated rings. The van der Waals surface area contributed by atoms with E-state index >= 15 is 0 Å². The first-order valence-corrected chi connectivity index (χ1v) is 6.78. The molecule has 0 aromatic carbocycles. The van der Waals surface area contributed by atoms with E-state index in [1.165, 1.54) is 18.7 Å². The molecule has 0 spiro atoms. The quantitative estimate of drug-likeness (QED) is 0.649. The van der Waals surface area contributed by atoms with Crippen LogP contribution in [0.2, 0.25) is 0 Å². The van der Waals surface area contributed by atoms with E-state index in [1.54, 1.807) is 0 Å². The van der Waals surface area contributed by atoms with Crippen LogP contribution in [0.15, 0.2) is 0 Å². The third-order valence-electron chi connectivity index (χ3n) is 3.25. The minimum atomic E-state index is -4.41. The smallest absolute Gasteiger partial charge is 0.352 e. The Labute approximate surface area is 133 Å².